The van der Waals surface area contributed by atoms with E-state index in [9.17, 15) is 29.4 Å². The van der Waals surface area contributed by atoms with Crippen molar-refractivity contribution < 1.29 is 29.4 Å². The van der Waals surface area contributed by atoms with Crippen molar-refractivity contribution in [1.29, 1.82) is 0 Å². The zero-order chi connectivity index (χ0) is 15.0. The van der Waals surface area contributed by atoms with Crippen LogP contribution < -0.4 is 15.5 Å². The van der Waals surface area contributed by atoms with Crippen molar-refractivity contribution in [3.05, 3.63) is 11.3 Å². The highest BCUT2D eigenvalue weighted by atomic mass is 16.4. The van der Waals surface area contributed by atoms with Gasteiger partial charge in [-0.25, -0.2) is 0 Å². The smallest absolute Gasteiger partial charge is 0.250 e. The van der Waals surface area contributed by atoms with E-state index in [0.29, 0.717) is 0 Å². The first-order chi connectivity index (χ1) is 9.32. The number of nitrogens with one attached hydrogen (secondary N) is 1. The fraction of sp³-hybridized carbons (Fsp3) is 0.500. The molecule has 0 radical (unpaired) electrons. The molecular weight excluding hydrogens is 268 g/mol. The van der Waals surface area contributed by atoms with Gasteiger partial charge in [0.2, 0.25) is 11.8 Å². The Labute approximate surface area is 114 Å². The number of hydrogen-bond acceptors (Lipinski definition) is 6. The lowest BCUT2D eigenvalue weighted by atomic mass is 9.97. The lowest BCUT2D eigenvalue weighted by molar-refractivity contribution is -0.310. The molecular formula is C12H12N2O6-2. The summed E-state index contributed by atoms with van der Waals surface area (Å²) < 4.78 is 0. The summed E-state index contributed by atoms with van der Waals surface area (Å²) in [6, 6.07) is -2.30. The molecule has 2 atom stereocenters. The van der Waals surface area contributed by atoms with Gasteiger partial charge < -0.3 is 30.0 Å². The number of carbonyl (C=O) groups is 4. The Hall–Kier alpha value is -2.38. The average molecular weight is 280 g/mol. The number of rotatable bonds is 3. The number of carbonyl (C=O) groups excluding carboxylic acids is 4. The summed E-state index contributed by atoms with van der Waals surface area (Å²) in [7, 11) is 0. The fourth-order valence-electron chi connectivity index (χ4n) is 2.65. The minimum absolute atomic E-state index is 0.0903. The van der Waals surface area contributed by atoms with Crippen LogP contribution in [0.2, 0.25) is 0 Å². The van der Waals surface area contributed by atoms with Gasteiger partial charge in [0.1, 0.15) is 6.04 Å². The fourth-order valence-corrected chi connectivity index (χ4v) is 2.65. The summed E-state index contributed by atoms with van der Waals surface area (Å²) in [5.74, 6) is -4.05. The standard InChI is InChI=1S/C12H14N2O6/c1-5(15)13-7-4-6(11(17)18)8-2-3-9(12(19)20)14(8)10(7)16/h7,9H,2-4H2,1H3,(H,13,15)(H,17,18)(H,19,20)/p-2. The lowest BCUT2D eigenvalue weighted by Gasteiger charge is -2.36. The lowest BCUT2D eigenvalue weighted by Crippen LogP contribution is -2.56. The summed E-state index contributed by atoms with van der Waals surface area (Å²) >= 11 is 0. The molecule has 1 saturated heterocycles. The summed E-state index contributed by atoms with van der Waals surface area (Å²) in [4.78, 5) is 46.3. The Morgan fingerprint density at radius 3 is 2.45 bits per heavy atom. The van der Waals surface area contributed by atoms with E-state index in [1.54, 1.807) is 0 Å². The second-order valence-corrected chi connectivity index (χ2v) is 4.75. The molecule has 1 fully saturated rings. The molecule has 2 rings (SSSR count). The zero-order valence-electron chi connectivity index (χ0n) is 10.7. The van der Waals surface area contributed by atoms with Gasteiger partial charge in [-0.1, -0.05) is 0 Å². The molecule has 0 aromatic rings. The molecule has 2 unspecified atom stereocenters. The molecule has 8 heteroatoms. The molecule has 0 saturated carbocycles. The van der Waals surface area contributed by atoms with E-state index in [1.807, 2.05) is 0 Å². The Morgan fingerprint density at radius 1 is 1.30 bits per heavy atom. The van der Waals surface area contributed by atoms with E-state index in [4.69, 9.17) is 0 Å². The van der Waals surface area contributed by atoms with Crippen LogP contribution in [0.1, 0.15) is 26.2 Å². The van der Waals surface area contributed by atoms with Crippen LogP contribution in [-0.2, 0) is 19.2 Å². The van der Waals surface area contributed by atoms with Gasteiger partial charge in [-0.2, -0.15) is 0 Å². The van der Waals surface area contributed by atoms with E-state index >= 15 is 0 Å². The molecule has 2 aliphatic rings. The molecule has 0 bridgehead atoms. The number of hydrogen-bond donors (Lipinski definition) is 1. The van der Waals surface area contributed by atoms with Crippen molar-refractivity contribution in [3.63, 3.8) is 0 Å². The Kier molecular flexibility index (Phi) is 3.47. The molecule has 2 amide bonds. The van der Waals surface area contributed by atoms with Gasteiger partial charge in [-0.05, 0) is 18.4 Å². The monoisotopic (exact) mass is 280 g/mol. The molecule has 2 aliphatic heterocycles. The number of carboxylic acid groups (broad SMARTS) is 2. The minimum atomic E-state index is -1.47. The van der Waals surface area contributed by atoms with Crippen LogP contribution in [0, 0.1) is 0 Å². The van der Waals surface area contributed by atoms with Crippen LogP contribution in [0.25, 0.3) is 0 Å². The number of aliphatic carboxylic acids is 2. The van der Waals surface area contributed by atoms with Crippen LogP contribution in [0.5, 0.6) is 0 Å². The van der Waals surface area contributed by atoms with E-state index in [1.165, 1.54) is 6.92 Å². The Balaban J connectivity index is 2.43. The predicted octanol–water partition coefficient (Wildman–Crippen LogP) is -3.36. The van der Waals surface area contributed by atoms with Crippen molar-refractivity contribution in [1.82, 2.24) is 10.2 Å². The van der Waals surface area contributed by atoms with Crippen LogP contribution >= 0.6 is 0 Å². The average Bonchev–Trinajstić information content (AvgIpc) is 2.76. The quantitative estimate of drug-likeness (QED) is 0.574. The van der Waals surface area contributed by atoms with E-state index < -0.39 is 35.8 Å². The first kappa shape index (κ1) is 14.0. The van der Waals surface area contributed by atoms with Crippen molar-refractivity contribution in [2.24, 2.45) is 0 Å². The van der Waals surface area contributed by atoms with E-state index in [2.05, 4.69) is 5.32 Å². The van der Waals surface area contributed by atoms with Gasteiger partial charge in [-0.15, -0.1) is 0 Å². The maximum Gasteiger partial charge on any atom is 0.250 e. The van der Waals surface area contributed by atoms with Crippen molar-refractivity contribution in [2.45, 2.75) is 38.3 Å². The van der Waals surface area contributed by atoms with Crippen molar-refractivity contribution >= 4 is 23.8 Å². The maximum atomic E-state index is 12.2. The molecule has 108 valence electrons. The second kappa shape index (κ2) is 4.95. The van der Waals surface area contributed by atoms with Gasteiger partial charge >= 0.3 is 0 Å². The molecule has 0 aromatic carbocycles. The van der Waals surface area contributed by atoms with Crippen LogP contribution in [0.4, 0.5) is 0 Å². The highest BCUT2D eigenvalue weighted by Crippen LogP contribution is 2.35. The second-order valence-electron chi connectivity index (χ2n) is 4.75. The topological polar surface area (TPSA) is 130 Å². The third kappa shape index (κ3) is 2.24. The highest BCUT2D eigenvalue weighted by molar-refractivity contribution is 5.97. The third-order valence-corrected chi connectivity index (χ3v) is 3.45. The summed E-state index contributed by atoms with van der Waals surface area (Å²) in [5, 5.41) is 24.5. The Morgan fingerprint density at radius 2 is 1.95 bits per heavy atom. The van der Waals surface area contributed by atoms with Gasteiger partial charge in [0.05, 0.1) is 18.0 Å². The number of fused-ring (bicyclic) bond motifs is 1. The van der Waals surface area contributed by atoms with Crippen molar-refractivity contribution in [2.75, 3.05) is 0 Å². The summed E-state index contributed by atoms with van der Waals surface area (Å²) in [6.45, 7) is 1.19. The van der Waals surface area contributed by atoms with Crippen LogP contribution in [0.15, 0.2) is 11.3 Å². The molecule has 0 aliphatic carbocycles. The van der Waals surface area contributed by atoms with Crippen LogP contribution in [0.3, 0.4) is 0 Å². The maximum absolute atomic E-state index is 12.2. The van der Waals surface area contributed by atoms with E-state index in [0.717, 1.165) is 4.90 Å². The van der Waals surface area contributed by atoms with E-state index in [-0.39, 0.29) is 30.5 Å². The molecule has 0 spiro atoms. The number of carboxylic acids is 2. The van der Waals surface area contributed by atoms with Gasteiger partial charge in [0.25, 0.3) is 0 Å². The first-order valence-corrected chi connectivity index (χ1v) is 6.07. The number of nitrogens with zero attached hydrogens (tertiary/aromatic N) is 1. The van der Waals surface area contributed by atoms with Gasteiger partial charge in [-0.3, -0.25) is 9.59 Å². The minimum Gasteiger partial charge on any atom is -0.548 e. The van der Waals surface area contributed by atoms with Gasteiger partial charge in [0, 0.05) is 19.0 Å². The summed E-state index contributed by atoms with van der Waals surface area (Å²) in [6.07, 6.45) is 0.0415. The third-order valence-electron chi connectivity index (χ3n) is 3.45. The molecule has 0 aromatic heterocycles. The number of allylic oxidation sites excluding steroid dienone is 1. The normalized spacial score (nSPS) is 25.4. The van der Waals surface area contributed by atoms with Crippen LogP contribution in [-0.4, -0.2) is 40.7 Å². The first-order valence-electron chi connectivity index (χ1n) is 6.07. The summed E-state index contributed by atoms with van der Waals surface area (Å²) in [5.41, 5.74) is -0.00194. The SMILES string of the molecule is CC(=O)NC1CC(C(=O)[O-])=C2CCC(C(=O)[O-])N2C1=O. The zero-order valence-corrected chi connectivity index (χ0v) is 10.7. The largest absolute Gasteiger partial charge is 0.548 e. The molecule has 2 heterocycles. The Bertz CT molecular complexity index is 538. The predicted molar refractivity (Wildman–Crippen MR) is 59.1 cm³/mol. The molecule has 20 heavy (non-hydrogen) atoms. The van der Waals surface area contributed by atoms with Gasteiger partial charge in [0.15, 0.2) is 0 Å². The molecule has 8 nitrogen and oxygen atoms in total. The number of amides is 2. The van der Waals surface area contributed by atoms with Crippen molar-refractivity contribution in [3.8, 4) is 0 Å². The highest BCUT2D eigenvalue weighted by Gasteiger charge is 2.43. The molecule has 1 N–H and O–H groups in total.